The maximum absolute atomic E-state index is 12.7. The van der Waals surface area contributed by atoms with Crippen LogP contribution in [0.4, 0.5) is 0 Å². The largest absolute Gasteiger partial charge is 0.426 e. The first kappa shape index (κ1) is 20.0. The summed E-state index contributed by atoms with van der Waals surface area (Å²) >= 11 is 0. The van der Waals surface area contributed by atoms with Gasteiger partial charge < -0.3 is 4.74 Å². The third kappa shape index (κ3) is 4.99. The molecule has 28 heavy (non-hydrogen) atoms. The van der Waals surface area contributed by atoms with Crippen molar-refractivity contribution in [1.29, 1.82) is 0 Å². The predicted molar refractivity (Wildman–Crippen MR) is 114 cm³/mol. The second-order valence-corrected chi connectivity index (χ2v) is 9.96. The van der Waals surface area contributed by atoms with Crippen LogP contribution >= 0.6 is 0 Å². The molecule has 0 heterocycles. The number of hydrogen-bond acceptors (Lipinski definition) is 2. The van der Waals surface area contributed by atoms with Crippen molar-refractivity contribution >= 4 is 5.97 Å². The molecule has 3 aliphatic rings. The fourth-order valence-corrected chi connectivity index (χ4v) is 6.03. The number of benzene rings is 1. The van der Waals surface area contributed by atoms with Crippen LogP contribution in [0.5, 0.6) is 5.75 Å². The van der Waals surface area contributed by atoms with Gasteiger partial charge in [-0.25, -0.2) is 0 Å². The molecule has 2 nitrogen and oxygen atoms in total. The smallest absolute Gasteiger partial charge is 0.314 e. The number of rotatable bonds is 4. The molecule has 4 rings (SSSR count). The van der Waals surface area contributed by atoms with Crippen LogP contribution in [0.25, 0.3) is 0 Å². The zero-order valence-corrected chi connectivity index (χ0v) is 17.7. The lowest BCUT2D eigenvalue weighted by molar-refractivity contribution is -0.140. The zero-order valence-electron chi connectivity index (χ0n) is 17.7. The van der Waals surface area contributed by atoms with Crippen molar-refractivity contribution in [3.8, 4) is 5.75 Å². The van der Waals surface area contributed by atoms with Gasteiger partial charge in [0, 0.05) is 0 Å². The van der Waals surface area contributed by atoms with E-state index in [4.69, 9.17) is 4.74 Å². The van der Waals surface area contributed by atoms with E-state index in [2.05, 4.69) is 19.1 Å². The summed E-state index contributed by atoms with van der Waals surface area (Å²) in [5.74, 6) is 4.24. The van der Waals surface area contributed by atoms with E-state index in [9.17, 15) is 4.79 Å². The van der Waals surface area contributed by atoms with Gasteiger partial charge in [-0.2, -0.15) is 0 Å². The highest BCUT2D eigenvalue weighted by molar-refractivity contribution is 5.75. The second-order valence-electron chi connectivity index (χ2n) is 9.96. The number of carbonyl (C=O) groups is 1. The lowest BCUT2D eigenvalue weighted by Gasteiger charge is -2.36. The van der Waals surface area contributed by atoms with E-state index in [0.717, 1.165) is 36.3 Å². The molecular weight excluding hydrogens is 344 g/mol. The van der Waals surface area contributed by atoms with Crippen molar-refractivity contribution in [3.63, 3.8) is 0 Å². The van der Waals surface area contributed by atoms with Gasteiger partial charge in [0.15, 0.2) is 0 Å². The van der Waals surface area contributed by atoms with Gasteiger partial charge in [-0.1, -0.05) is 51.2 Å². The molecule has 3 fully saturated rings. The molecule has 0 saturated heterocycles. The summed E-state index contributed by atoms with van der Waals surface area (Å²) in [6.07, 6.45) is 16.8. The third-order valence-electron chi connectivity index (χ3n) is 8.01. The number of hydrogen-bond donors (Lipinski definition) is 0. The van der Waals surface area contributed by atoms with Crippen LogP contribution in [0, 0.1) is 23.7 Å². The minimum atomic E-state index is 0.00105. The van der Waals surface area contributed by atoms with E-state index in [1.807, 2.05) is 12.1 Å². The van der Waals surface area contributed by atoms with Crippen molar-refractivity contribution in [1.82, 2.24) is 0 Å². The van der Waals surface area contributed by atoms with Gasteiger partial charge in [0.05, 0.1) is 5.92 Å². The molecular formula is C26H38O2. The minimum Gasteiger partial charge on any atom is -0.426 e. The summed E-state index contributed by atoms with van der Waals surface area (Å²) < 4.78 is 5.75. The highest BCUT2D eigenvalue weighted by Crippen LogP contribution is 2.41. The average molecular weight is 383 g/mol. The molecule has 0 spiro atoms. The zero-order chi connectivity index (χ0) is 19.3. The fourth-order valence-electron chi connectivity index (χ4n) is 6.03. The Morgan fingerprint density at radius 1 is 0.750 bits per heavy atom. The Balaban J connectivity index is 1.24. The molecule has 0 N–H and O–H groups in total. The van der Waals surface area contributed by atoms with Crippen molar-refractivity contribution in [3.05, 3.63) is 29.8 Å². The standard InChI is InChI=1S/C26H38O2/c1-19-7-9-21(10-8-19)22-11-13-24(14-12-22)26(27)28-25-17-15-23(16-18-25)20-5-3-2-4-6-20/h15-22,24H,2-14H2,1H3. The molecule has 2 heteroatoms. The van der Waals surface area contributed by atoms with Gasteiger partial charge in [0.25, 0.3) is 0 Å². The monoisotopic (exact) mass is 382 g/mol. The van der Waals surface area contributed by atoms with Crippen LogP contribution in [0.3, 0.4) is 0 Å². The number of carbonyl (C=O) groups excluding carboxylic acids is 1. The van der Waals surface area contributed by atoms with Crippen LogP contribution in [0.2, 0.25) is 0 Å². The van der Waals surface area contributed by atoms with E-state index in [1.165, 1.54) is 76.2 Å². The summed E-state index contributed by atoms with van der Waals surface area (Å²) in [6, 6.07) is 8.38. The van der Waals surface area contributed by atoms with Crippen LogP contribution in [-0.4, -0.2) is 5.97 Å². The molecule has 0 amide bonds. The Hall–Kier alpha value is -1.31. The highest BCUT2D eigenvalue weighted by Gasteiger charge is 2.33. The van der Waals surface area contributed by atoms with Crippen molar-refractivity contribution in [2.75, 3.05) is 0 Å². The molecule has 0 radical (unpaired) electrons. The molecule has 3 saturated carbocycles. The van der Waals surface area contributed by atoms with Crippen molar-refractivity contribution in [2.24, 2.45) is 23.7 Å². The molecule has 1 aromatic rings. The maximum atomic E-state index is 12.7. The topological polar surface area (TPSA) is 26.3 Å². The minimum absolute atomic E-state index is 0.00105. The Labute approximate surface area is 171 Å². The Kier molecular flexibility index (Phi) is 6.75. The molecule has 1 aromatic carbocycles. The van der Waals surface area contributed by atoms with Gasteiger partial charge in [-0.05, 0) is 92.7 Å². The van der Waals surface area contributed by atoms with Crippen molar-refractivity contribution in [2.45, 2.75) is 96.3 Å². The van der Waals surface area contributed by atoms with Gasteiger partial charge in [0.1, 0.15) is 5.75 Å². The lowest BCUT2D eigenvalue weighted by atomic mass is 9.69. The second kappa shape index (κ2) is 9.46. The average Bonchev–Trinajstić information content (AvgIpc) is 2.75. The molecule has 0 aliphatic heterocycles. The molecule has 3 aliphatic carbocycles. The molecule has 154 valence electrons. The number of esters is 1. The molecule has 0 atom stereocenters. The molecule has 0 bridgehead atoms. The van der Waals surface area contributed by atoms with E-state index >= 15 is 0 Å². The summed E-state index contributed by atoms with van der Waals surface area (Å²) in [4.78, 5) is 12.7. The van der Waals surface area contributed by atoms with Crippen LogP contribution in [-0.2, 0) is 4.79 Å². The van der Waals surface area contributed by atoms with Gasteiger partial charge in [-0.15, -0.1) is 0 Å². The highest BCUT2D eigenvalue weighted by atomic mass is 16.5. The van der Waals surface area contributed by atoms with E-state index in [0.29, 0.717) is 5.92 Å². The number of ether oxygens (including phenoxy) is 1. The van der Waals surface area contributed by atoms with Crippen LogP contribution < -0.4 is 4.74 Å². The van der Waals surface area contributed by atoms with Gasteiger partial charge in [-0.3, -0.25) is 4.79 Å². The SMILES string of the molecule is CC1CCC(C2CCC(C(=O)Oc3ccc(C4CCCCC4)cc3)CC2)CC1. The molecule has 0 aromatic heterocycles. The fraction of sp³-hybridized carbons (Fsp3) is 0.731. The Morgan fingerprint density at radius 3 is 1.93 bits per heavy atom. The first-order chi connectivity index (χ1) is 13.7. The summed E-state index contributed by atoms with van der Waals surface area (Å²) in [7, 11) is 0. The molecule has 0 unspecified atom stereocenters. The first-order valence-electron chi connectivity index (χ1n) is 12.0. The van der Waals surface area contributed by atoms with Crippen molar-refractivity contribution < 1.29 is 9.53 Å². The van der Waals surface area contributed by atoms with Crippen LogP contribution in [0.1, 0.15) is 102 Å². The van der Waals surface area contributed by atoms with Crippen LogP contribution in [0.15, 0.2) is 24.3 Å². The van der Waals surface area contributed by atoms with E-state index in [-0.39, 0.29) is 11.9 Å². The Bertz CT molecular complexity index is 612. The quantitative estimate of drug-likeness (QED) is 0.404. The predicted octanol–water partition coefficient (Wildman–Crippen LogP) is 7.27. The lowest BCUT2D eigenvalue weighted by Crippen LogP contribution is -2.29. The van der Waals surface area contributed by atoms with E-state index < -0.39 is 0 Å². The van der Waals surface area contributed by atoms with Gasteiger partial charge in [0.2, 0.25) is 0 Å². The first-order valence-corrected chi connectivity index (χ1v) is 12.0. The summed E-state index contributed by atoms with van der Waals surface area (Å²) in [6.45, 7) is 2.39. The van der Waals surface area contributed by atoms with Gasteiger partial charge >= 0.3 is 5.97 Å². The normalized spacial score (nSPS) is 32.0. The summed E-state index contributed by atoms with van der Waals surface area (Å²) in [5.41, 5.74) is 1.42. The Morgan fingerprint density at radius 2 is 1.32 bits per heavy atom. The van der Waals surface area contributed by atoms with E-state index in [1.54, 1.807) is 0 Å². The maximum Gasteiger partial charge on any atom is 0.314 e. The third-order valence-corrected chi connectivity index (χ3v) is 8.01. The summed E-state index contributed by atoms with van der Waals surface area (Å²) in [5, 5.41) is 0.